The molecule has 0 bridgehead atoms. The Morgan fingerprint density at radius 2 is 1.84 bits per heavy atom. The van der Waals surface area contributed by atoms with Gasteiger partial charge < -0.3 is 10.1 Å². The van der Waals surface area contributed by atoms with Gasteiger partial charge in [-0.05, 0) is 60.7 Å². The van der Waals surface area contributed by atoms with Crippen molar-refractivity contribution < 1.29 is 17.9 Å². The number of fused-ring (bicyclic) bond motifs is 1. The van der Waals surface area contributed by atoms with Crippen molar-refractivity contribution in [2.24, 2.45) is 5.92 Å². The second kappa shape index (κ2) is 9.17. The molecule has 1 aromatic heterocycles. The number of sulfonamides is 1. The van der Waals surface area contributed by atoms with Crippen molar-refractivity contribution >= 4 is 42.6 Å². The van der Waals surface area contributed by atoms with Crippen LogP contribution < -0.4 is 10.1 Å². The summed E-state index contributed by atoms with van der Waals surface area (Å²) in [6, 6.07) is 12.5. The van der Waals surface area contributed by atoms with Gasteiger partial charge in [-0.1, -0.05) is 31.3 Å². The summed E-state index contributed by atoms with van der Waals surface area (Å²) in [7, 11) is -2.05. The first-order valence-corrected chi connectivity index (χ1v) is 12.9. The predicted octanol–water partition coefficient (Wildman–Crippen LogP) is 4.47. The van der Waals surface area contributed by atoms with E-state index in [0.717, 1.165) is 10.2 Å². The van der Waals surface area contributed by atoms with E-state index < -0.39 is 10.0 Å². The molecule has 0 spiro atoms. The number of ether oxygens (including phenoxy) is 1. The number of hydrogen-bond acceptors (Lipinski definition) is 6. The molecule has 1 fully saturated rings. The fraction of sp³-hybridized carbons (Fsp3) is 0.391. The van der Waals surface area contributed by atoms with Crippen LogP contribution in [0.5, 0.6) is 5.75 Å². The highest BCUT2D eigenvalue weighted by Crippen LogP contribution is 2.30. The summed E-state index contributed by atoms with van der Waals surface area (Å²) in [6.07, 6.45) is 0.952. The largest absolute Gasteiger partial charge is 0.497 e. The summed E-state index contributed by atoms with van der Waals surface area (Å²) < 4.78 is 33.4. The number of amides is 1. The SMILES string of the molecule is COc1ccc(S(=O)(=O)N2CCC(C(=O)Nc3nc4ccc(C(C)C)cc4s3)CC2)cc1. The Hall–Kier alpha value is -2.49. The van der Waals surface area contributed by atoms with Crippen molar-refractivity contribution in [2.45, 2.75) is 37.5 Å². The van der Waals surface area contributed by atoms with Crippen molar-refractivity contribution in [3.8, 4) is 5.75 Å². The molecule has 1 N–H and O–H groups in total. The van der Waals surface area contributed by atoms with Gasteiger partial charge in [0.15, 0.2) is 5.13 Å². The van der Waals surface area contributed by atoms with Crippen molar-refractivity contribution in [2.75, 3.05) is 25.5 Å². The molecule has 1 amide bonds. The molecular weight excluding hydrogens is 446 g/mol. The standard InChI is InChI=1S/C23H27N3O4S2/c1-15(2)17-4-9-20-21(14-17)31-23(24-20)25-22(27)16-10-12-26(13-11-16)32(28,29)19-7-5-18(30-3)6-8-19/h4-9,14-16H,10-13H2,1-3H3,(H,24,25,27). The van der Waals surface area contributed by atoms with Gasteiger partial charge in [0.25, 0.3) is 0 Å². The Morgan fingerprint density at radius 3 is 2.47 bits per heavy atom. The normalized spacial score (nSPS) is 15.9. The zero-order valence-corrected chi connectivity index (χ0v) is 20.0. The molecule has 170 valence electrons. The maximum atomic E-state index is 12.9. The lowest BCUT2D eigenvalue weighted by atomic mass is 9.97. The Morgan fingerprint density at radius 1 is 1.16 bits per heavy atom. The second-order valence-electron chi connectivity index (χ2n) is 8.24. The number of rotatable bonds is 6. The molecular formula is C23H27N3O4S2. The minimum absolute atomic E-state index is 0.102. The predicted molar refractivity (Wildman–Crippen MR) is 127 cm³/mol. The monoisotopic (exact) mass is 473 g/mol. The lowest BCUT2D eigenvalue weighted by Gasteiger charge is -2.30. The second-order valence-corrected chi connectivity index (χ2v) is 11.2. The number of anilines is 1. The van der Waals surface area contributed by atoms with E-state index in [0.29, 0.717) is 42.7 Å². The van der Waals surface area contributed by atoms with Crippen LogP contribution >= 0.6 is 11.3 Å². The summed E-state index contributed by atoms with van der Waals surface area (Å²) in [5.74, 6) is 0.693. The molecule has 0 saturated carbocycles. The third-order valence-electron chi connectivity index (χ3n) is 5.83. The molecule has 1 saturated heterocycles. The van der Waals surface area contributed by atoms with E-state index in [2.05, 4.69) is 36.3 Å². The molecule has 2 heterocycles. The highest BCUT2D eigenvalue weighted by molar-refractivity contribution is 7.89. The first-order valence-electron chi connectivity index (χ1n) is 10.6. The highest BCUT2D eigenvalue weighted by atomic mass is 32.2. The average Bonchev–Trinajstić information content (AvgIpc) is 3.20. The van der Waals surface area contributed by atoms with Crippen LogP contribution in [0.2, 0.25) is 0 Å². The van der Waals surface area contributed by atoms with E-state index in [1.54, 1.807) is 24.3 Å². The number of methoxy groups -OCH3 is 1. The van der Waals surface area contributed by atoms with Crippen LogP contribution in [0.25, 0.3) is 10.2 Å². The summed E-state index contributed by atoms with van der Waals surface area (Å²) in [5, 5.41) is 3.52. The number of nitrogens with zero attached hydrogens (tertiary/aromatic N) is 2. The zero-order chi connectivity index (χ0) is 22.9. The van der Waals surface area contributed by atoms with Crippen molar-refractivity contribution in [1.29, 1.82) is 0 Å². The Labute approximate surface area is 192 Å². The summed E-state index contributed by atoms with van der Waals surface area (Å²) in [6.45, 7) is 4.91. The number of carbonyl (C=O) groups excluding carboxylic acids is 1. The number of nitrogens with one attached hydrogen (secondary N) is 1. The molecule has 32 heavy (non-hydrogen) atoms. The van der Waals surface area contributed by atoms with E-state index in [1.165, 1.54) is 28.3 Å². The van der Waals surface area contributed by atoms with Crippen molar-refractivity contribution in [3.63, 3.8) is 0 Å². The van der Waals surface area contributed by atoms with Crippen LogP contribution in [0.4, 0.5) is 5.13 Å². The van der Waals surface area contributed by atoms with Crippen LogP contribution in [0.1, 0.15) is 38.2 Å². The van der Waals surface area contributed by atoms with Gasteiger partial charge in [-0.15, -0.1) is 0 Å². The molecule has 9 heteroatoms. The van der Waals surface area contributed by atoms with E-state index in [-0.39, 0.29) is 16.7 Å². The Balaban J connectivity index is 1.38. The van der Waals surface area contributed by atoms with Gasteiger partial charge >= 0.3 is 0 Å². The molecule has 2 aromatic carbocycles. The van der Waals surface area contributed by atoms with E-state index in [9.17, 15) is 13.2 Å². The lowest BCUT2D eigenvalue weighted by Crippen LogP contribution is -2.41. The van der Waals surface area contributed by atoms with Crippen LogP contribution in [0.15, 0.2) is 47.4 Å². The Kier molecular flexibility index (Phi) is 6.50. The van der Waals surface area contributed by atoms with Gasteiger partial charge in [0.1, 0.15) is 5.75 Å². The topological polar surface area (TPSA) is 88.6 Å². The van der Waals surface area contributed by atoms with E-state index in [1.807, 2.05) is 6.07 Å². The van der Waals surface area contributed by atoms with Crippen LogP contribution in [0.3, 0.4) is 0 Å². The number of benzene rings is 2. The van der Waals surface area contributed by atoms with Crippen molar-refractivity contribution in [1.82, 2.24) is 9.29 Å². The van der Waals surface area contributed by atoms with Gasteiger partial charge in [0, 0.05) is 19.0 Å². The molecule has 4 rings (SSSR count). The molecule has 0 aliphatic carbocycles. The van der Waals surface area contributed by atoms with Crippen molar-refractivity contribution in [3.05, 3.63) is 48.0 Å². The summed E-state index contributed by atoms with van der Waals surface area (Å²) in [5.41, 5.74) is 2.11. The third-order valence-corrected chi connectivity index (χ3v) is 8.68. The molecule has 1 aliphatic rings. The smallest absolute Gasteiger partial charge is 0.243 e. The molecule has 0 atom stereocenters. The molecule has 1 aliphatic heterocycles. The van der Waals surface area contributed by atoms with Crippen LogP contribution in [-0.4, -0.2) is 43.8 Å². The van der Waals surface area contributed by atoms with Crippen LogP contribution in [0, 0.1) is 5.92 Å². The third kappa shape index (κ3) is 4.65. The highest BCUT2D eigenvalue weighted by Gasteiger charge is 2.32. The maximum Gasteiger partial charge on any atom is 0.243 e. The van der Waals surface area contributed by atoms with Gasteiger partial charge in [0.05, 0.1) is 22.2 Å². The van der Waals surface area contributed by atoms with E-state index in [4.69, 9.17) is 4.74 Å². The quantitative estimate of drug-likeness (QED) is 0.571. The summed E-state index contributed by atoms with van der Waals surface area (Å²) >= 11 is 1.47. The van der Waals surface area contributed by atoms with E-state index >= 15 is 0 Å². The molecule has 0 radical (unpaired) electrons. The maximum absolute atomic E-state index is 12.9. The first kappa shape index (κ1) is 22.7. The molecule has 3 aromatic rings. The number of piperidine rings is 1. The fourth-order valence-corrected chi connectivity index (χ4v) is 6.20. The van der Waals surface area contributed by atoms with Crippen LogP contribution in [-0.2, 0) is 14.8 Å². The Bertz CT molecular complexity index is 1210. The van der Waals surface area contributed by atoms with Gasteiger partial charge in [-0.25, -0.2) is 13.4 Å². The number of carbonyl (C=O) groups is 1. The minimum Gasteiger partial charge on any atom is -0.497 e. The summed E-state index contributed by atoms with van der Waals surface area (Å²) in [4.78, 5) is 17.5. The lowest BCUT2D eigenvalue weighted by molar-refractivity contribution is -0.120. The molecule has 7 nitrogen and oxygen atoms in total. The number of thiazole rings is 1. The fourth-order valence-electron chi connectivity index (χ4n) is 3.82. The van der Waals surface area contributed by atoms with Gasteiger partial charge in [0.2, 0.25) is 15.9 Å². The minimum atomic E-state index is -3.59. The molecule has 0 unspecified atom stereocenters. The zero-order valence-electron chi connectivity index (χ0n) is 18.4. The van der Waals surface area contributed by atoms with Gasteiger partial charge in [-0.2, -0.15) is 4.31 Å². The first-order chi connectivity index (χ1) is 15.3. The number of aromatic nitrogens is 1. The average molecular weight is 474 g/mol. The number of hydrogen-bond donors (Lipinski definition) is 1. The van der Waals surface area contributed by atoms with Gasteiger partial charge in [-0.3, -0.25) is 4.79 Å².